The fourth-order valence-corrected chi connectivity index (χ4v) is 6.52. The van der Waals surface area contributed by atoms with E-state index in [1.807, 2.05) is 58.0 Å². The van der Waals surface area contributed by atoms with Crippen LogP contribution < -0.4 is 10.6 Å². The lowest BCUT2D eigenvalue weighted by atomic mass is 9.89. The monoisotopic (exact) mass is 632 g/mol. The molecule has 1 saturated heterocycles. The van der Waals surface area contributed by atoms with E-state index < -0.39 is 42.4 Å². The molecule has 0 bridgehead atoms. The van der Waals surface area contributed by atoms with Gasteiger partial charge in [-0.3, -0.25) is 19.2 Å². The summed E-state index contributed by atoms with van der Waals surface area (Å²) < 4.78 is 11.8. The number of carbonyl (C=O) groups is 4. The number of benzene rings is 1. The summed E-state index contributed by atoms with van der Waals surface area (Å²) >= 11 is 0. The highest BCUT2D eigenvalue weighted by atomic mass is 16.5. The average Bonchev–Trinajstić information content (AvgIpc) is 3.52. The van der Waals surface area contributed by atoms with Crippen LogP contribution in [0.3, 0.4) is 0 Å². The third kappa shape index (κ3) is 9.73. The van der Waals surface area contributed by atoms with Gasteiger partial charge in [0, 0.05) is 27.8 Å². The van der Waals surface area contributed by atoms with Crippen molar-refractivity contribution >= 4 is 24.1 Å². The van der Waals surface area contributed by atoms with E-state index in [9.17, 15) is 24.3 Å². The lowest BCUT2D eigenvalue weighted by molar-refractivity contribution is -0.147. The first-order valence-corrected chi connectivity index (χ1v) is 16.2. The van der Waals surface area contributed by atoms with E-state index in [4.69, 9.17) is 9.47 Å². The molecular formula is C34H56N4O7. The molecule has 0 saturated carbocycles. The Labute approximate surface area is 269 Å². The number of rotatable bonds is 18. The fourth-order valence-electron chi connectivity index (χ4n) is 6.52. The molecule has 3 N–H and O–H groups in total. The summed E-state index contributed by atoms with van der Waals surface area (Å²) in [6, 6.07) is 7.22. The molecular weight excluding hydrogens is 576 g/mol. The first kappa shape index (κ1) is 38.2. The van der Waals surface area contributed by atoms with Crippen LogP contribution in [-0.2, 0) is 28.7 Å². The SMILES string of the molecule is CC[C@H](C)C([C@@H](CC(=O)N1CCCC1[C@H](OC)C(C)C(=O)N[C@H](C)C(O)c1ccccc1)OC)N(C)C(=O)[C@@H](NC=O)C(C)C. The number of hydrogen-bond donors (Lipinski definition) is 3. The van der Waals surface area contributed by atoms with Crippen molar-refractivity contribution in [1.29, 1.82) is 0 Å². The van der Waals surface area contributed by atoms with Crippen LogP contribution in [0.2, 0.25) is 0 Å². The molecule has 11 heteroatoms. The van der Waals surface area contributed by atoms with Gasteiger partial charge in [-0.05, 0) is 37.2 Å². The van der Waals surface area contributed by atoms with Gasteiger partial charge in [0.15, 0.2) is 0 Å². The zero-order valence-electron chi connectivity index (χ0n) is 28.6. The second-order valence-corrected chi connectivity index (χ2v) is 12.7. The minimum Gasteiger partial charge on any atom is -0.386 e. The molecule has 0 aromatic heterocycles. The topological polar surface area (TPSA) is 138 Å². The van der Waals surface area contributed by atoms with Crippen molar-refractivity contribution in [2.75, 3.05) is 27.8 Å². The van der Waals surface area contributed by atoms with Crippen LogP contribution in [0.25, 0.3) is 0 Å². The number of aliphatic hydroxyl groups excluding tert-OH is 1. The number of carbonyl (C=O) groups excluding carboxylic acids is 4. The number of nitrogens with one attached hydrogen (secondary N) is 2. The first-order valence-electron chi connectivity index (χ1n) is 16.2. The highest BCUT2D eigenvalue weighted by Crippen LogP contribution is 2.30. The van der Waals surface area contributed by atoms with Crippen molar-refractivity contribution < 1.29 is 33.8 Å². The van der Waals surface area contributed by atoms with Crippen LogP contribution in [0.1, 0.15) is 78.9 Å². The van der Waals surface area contributed by atoms with Gasteiger partial charge in [-0.15, -0.1) is 0 Å². The number of likely N-dealkylation sites (tertiary alicyclic amines) is 1. The number of amides is 4. The van der Waals surface area contributed by atoms with Gasteiger partial charge >= 0.3 is 0 Å². The summed E-state index contributed by atoms with van der Waals surface area (Å²) in [5, 5.41) is 16.3. The van der Waals surface area contributed by atoms with Gasteiger partial charge in [0.05, 0.1) is 48.8 Å². The van der Waals surface area contributed by atoms with Gasteiger partial charge < -0.3 is 35.0 Å². The van der Waals surface area contributed by atoms with Crippen molar-refractivity contribution in [1.82, 2.24) is 20.4 Å². The Balaban J connectivity index is 2.20. The molecule has 0 radical (unpaired) electrons. The van der Waals surface area contributed by atoms with Crippen molar-refractivity contribution in [3.05, 3.63) is 35.9 Å². The van der Waals surface area contributed by atoms with Crippen molar-refractivity contribution in [2.24, 2.45) is 17.8 Å². The van der Waals surface area contributed by atoms with E-state index in [1.54, 1.807) is 44.9 Å². The van der Waals surface area contributed by atoms with E-state index >= 15 is 0 Å². The molecule has 2 rings (SSSR count). The molecule has 0 spiro atoms. The summed E-state index contributed by atoms with van der Waals surface area (Å²) in [6.45, 7) is 11.9. The Morgan fingerprint density at radius 3 is 2.27 bits per heavy atom. The van der Waals surface area contributed by atoms with E-state index in [1.165, 1.54) is 0 Å². The predicted octanol–water partition coefficient (Wildman–Crippen LogP) is 2.92. The van der Waals surface area contributed by atoms with Gasteiger partial charge in [-0.1, -0.05) is 71.4 Å². The van der Waals surface area contributed by atoms with Gasteiger partial charge in [0.25, 0.3) is 0 Å². The molecule has 11 nitrogen and oxygen atoms in total. The second-order valence-electron chi connectivity index (χ2n) is 12.7. The summed E-state index contributed by atoms with van der Waals surface area (Å²) in [6.07, 6.45) is 0.777. The lowest BCUT2D eigenvalue weighted by Gasteiger charge is -2.40. The second kappa shape index (κ2) is 18.2. The van der Waals surface area contributed by atoms with Gasteiger partial charge in [0.1, 0.15) is 6.04 Å². The summed E-state index contributed by atoms with van der Waals surface area (Å²) in [5.41, 5.74) is 0.712. The maximum Gasteiger partial charge on any atom is 0.245 e. The summed E-state index contributed by atoms with van der Waals surface area (Å²) in [7, 11) is 4.80. The van der Waals surface area contributed by atoms with Gasteiger partial charge in [-0.25, -0.2) is 0 Å². The Bertz CT molecular complexity index is 1090. The van der Waals surface area contributed by atoms with Crippen LogP contribution in [0, 0.1) is 17.8 Å². The van der Waals surface area contributed by atoms with E-state index in [0.717, 1.165) is 12.8 Å². The number of nitrogens with zero attached hydrogens (tertiary/aromatic N) is 2. The summed E-state index contributed by atoms with van der Waals surface area (Å²) in [5.74, 6) is -1.33. The molecule has 0 aliphatic carbocycles. The van der Waals surface area contributed by atoms with E-state index in [-0.39, 0.29) is 42.0 Å². The van der Waals surface area contributed by atoms with Crippen LogP contribution in [0.4, 0.5) is 0 Å². The quantitative estimate of drug-likeness (QED) is 0.212. The van der Waals surface area contributed by atoms with Gasteiger partial charge in [-0.2, -0.15) is 0 Å². The minimum absolute atomic E-state index is 0.0128. The first-order chi connectivity index (χ1) is 21.3. The number of methoxy groups -OCH3 is 2. The van der Waals surface area contributed by atoms with Crippen molar-refractivity contribution in [3.63, 3.8) is 0 Å². The highest BCUT2D eigenvalue weighted by Gasteiger charge is 2.42. The van der Waals surface area contributed by atoms with Crippen LogP contribution in [0.5, 0.6) is 0 Å². The van der Waals surface area contributed by atoms with E-state index in [0.29, 0.717) is 24.9 Å². The molecule has 4 unspecified atom stereocenters. The zero-order chi connectivity index (χ0) is 33.8. The minimum atomic E-state index is -0.868. The molecule has 1 aliphatic rings. The molecule has 1 aromatic rings. The number of ether oxygens (including phenoxy) is 2. The Morgan fingerprint density at radius 2 is 1.73 bits per heavy atom. The molecule has 4 amide bonds. The zero-order valence-corrected chi connectivity index (χ0v) is 28.6. The standard InChI is InChI=1S/C34H56N4O7/c1-10-22(4)30(37(7)34(43)29(21(2)3)35-20-39)27(44-8)19-28(40)38-18-14-17-26(38)32(45-9)23(5)33(42)36-24(6)31(41)25-15-12-11-13-16-25/h11-13,15-16,20-24,26-27,29-32,41H,10,14,17-19H2,1-9H3,(H,35,39)(H,36,42)/t22-,23?,24+,26?,27+,29-,30?,31?,32+/m0/s1. The van der Waals surface area contributed by atoms with Crippen molar-refractivity contribution in [2.45, 2.75) is 110 Å². The predicted molar refractivity (Wildman–Crippen MR) is 173 cm³/mol. The number of hydrogen-bond acceptors (Lipinski definition) is 7. The molecule has 1 fully saturated rings. The molecule has 1 heterocycles. The van der Waals surface area contributed by atoms with Crippen molar-refractivity contribution in [3.8, 4) is 0 Å². The Kier molecular flexibility index (Phi) is 15.4. The third-order valence-corrected chi connectivity index (χ3v) is 9.42. The average molecular weight is 633 g/mol. The molecule has 254 valence electrons. The molecule has 9 atom stereocenters. The van der Waals surface area contributed by atoms with Crippen LogP contribution >= 0.6 is 0 Å². The lowest BCUT2D eigenvalue weighted by Crippen LogP contribution is -2.57. The highest BCUT2D eigenvalue weighted by molar-refractivity contribution is 5.84. The molecule has 45 heavy (non-hydrogen) atoms. The van der Waals surface area contributed by atoms with Crippen LogP contribution in [-0.4, -0.2) is 103 Å². The molecule has 1 aromatic carbocycles. The number of aliphatic hydroxyl groups is 1. The Morgan fingerprint density at radius 1 is 1.09 bits per heavy atom. The molecule has 1 aliphatic heterocycles. The largest absolute Gasteiger partial charge is 0.386 e. The fraction of sp³-hybridized carbons (Fsp3) is 0.706. The Hall–Kier alpha value is -3.02. The maximum atomic E-state index is 13.9. The third-order valence-electron chi connectivity index (χ3n) is 9.42. The normalized spacial score (nSPS) is 20.3. The van der Waals surface area contributed by atoms with Crippen LogP contribution in [0.15, 0.2) is 30.3 Å². The summed E-state index contributed by atoms with van der Waals surface area (Å²) in [4.78, 5) is 55.4. The van der Waals surface area contributed by atoms with Gasteiger partial charge in [0.2, 0.25) is 24.1 Å². The number of likely N-dealkylation sites (N-methyl/N-ethyl adjacent to an activating group) is 1. The van der Waals surface area contributed by atoms with E-state index in [2.05, 4.69) is 10.6 Å². The maximum absolute atomic E-state index is 13.9. The smallest absolute Gasteiger partial charge is 0.245 e.